The molecule has 1 saturated heterocycles. The van der Waals surface area contributed by atoms with Crippen molar-refractivity contribution in [1.29, 1.82) is 0 Å². The van der Waals surface area contributed by atoms with Gasteiger partial charge in [0, 0.05) is 16.4 Å². The minimum Gasteiger partial charge on any atom is -0.378 e. The fourth-order valence-electron chi connectivity index (χ4n) is 2.00. The van der Waals surface area contributed by atoms with E-state index in [1.165, 1.54) is 22.6 Å². The molecule has 2 rings (SSSR count). The molecule has 1 fully saturated rings. The van der Waals surface area contributed by atoms with Crippen molar-refractivity contribution in [2.45, 2.75) is 38.3 Å². The molecule has 1 aliphatic heterocycles. The van der Waals surface area contributed by atoms with E-state index >= 15 is 0 Å². The van der Waals surface area contributed by atoms with Gasteiger partial charge >= 0.3 is 0 Å². The molecule has 0 bridgehead atoms. The van der Waals surface area contributed by atoms with Gasteiger partial charge in [0.05, 0.1) is 12.1 Å². The molecule has 1 aliphatic rings. The summed E-state index contributed by atoms with van der Waals surface area (Å²) in [6.07, 6.45) is 3.72. The van der Waals surface area contributed by atoms with Crippen LogP contribution in [0.1, 0.15) is 35.1 Å². The number of nitrogens with one attached hydrogen (secondary N) is 1. The van der Waals surface area contributed by atoms with Crippen LogP contribution in [0.5, 0.6) is 0 Å². The van der Waals surface area contributed by atoms with Crippen molar-refractivity contribution in [3.8, 4) is 0 Å². The van der Waals surface area contributed by atoms with Gasteiger partial charge in [0.1, 0.15) is 0 Å². The Morgan fingerprint density at radius 2 is 2.53 bits per heavy atom. The maximum Gasteiger partial charge on any atom is 0.0594 e. The number of rotatable bonds is 4. The Kier molecular flexibility index (Phi) is 3.75. The fourth-order valence-corrected chi connectivity index (χ4v) is 2.95. The summed E-state index contributed by atoms with van der Waals surface area (Å²) in [4.78, 5) is 2.64. The minimum absolute atomic E-state index is 0.242. The van der Waals surface area contributed by atoms with Crippen molar-refractivity contribution in [2.75, 3.05) is 6.61 Å². The molecule has 2 atom stereocenters. The van der Waals surface area contributed by atoms with Crippen LogP contribution in [-0.2, 0) is 4.74 Å². The molecule has 4 heteroatoms. The highest BCUT2D eigenvalue weighted by atomic mass is 32.1. The third-order valence-electron chi connectivity index (χ3n) is 2.83. The molecule has 1 aromatic rings. The molecule has 0 aromatic carbocycles. The number of aryl methyl sites for hydroxylation is 1. The Morgan fingerprint density at radius 3 is 3.07 bits per heavy atom. The van der Waals surface area contributed by atoms with E-state index in [-0.39, 0.29) is 6.04 Å². The van der Waals surface area contributed by atoms with E-state index in [4.69, 9.17) is 10.6 Å². The molecule has 84 valence electrons. The second-order valence-electron chi connectivity index (χ2n) is 4.04. The monoisotopic (exact) mass is 226 g/mol. The van der Waals surface area contributed by atoms with Crippen LogP contribution < -0.4 is 11.3 Å². The smallest absolute Gasteiger partial charge is 0.0594 e. The summed E-state index contributed by atoms with van der Waals surface area (Å²) in [6.45, 7) is 3.03. The number of hydrogen-bond acceptors (Lipinski definition) is 4. The van der Waals surface area contributed by atoms with Crippen LogP contribution in [0.4, 0.5) is 0 Å². The van der Waals surface area contributed by atoms with E-state index in [0.717, 1.165) is 13.0 Å². The van der Waals surface area contributed by atoms with Crippen molar-refractivity contribution >= 4 is 11.3 Å². The van der Waals surface area contributed by atoms with Gasteiger partial charge < -0.3 is 4.74 Å². The van der Waals surface area contributed by atoms with Gasteiger partial charge in [-0.2, -0.15) is 0 Å². The first-order valence-corrected chi connectivity index (χ1v) is 6.25. The standard InChI is InChI=1S/C11H18N2OS/c1-8-4-5-11(15-8)10(13-12)7-9-3-2-6-14-9/h4-5,9-10,13H,2-3,6-7,12H2,1H3. The second kappa shape index (κ2) is 5.07. The lowest BCUT2D eigenvalue weighted by molar-refractivity contribution is 0.0949. The van der Waals surface area contributed by atoms with Crippen molar-refractivity contribution < 1.29 is 4.74 Å². The lowest BCUT2D eigenvalue weighted by Crippen LogP contribution is -2.30. The number of ether oxygens (including phenoxy) is 1. The van der Waals surface area contributed by atoms with Crippen molar-refractivity contribution in [2.24, 2.45) is 5.84 Å². The summed E-state index contributed by atoms with van der Waals surface area (Å²) in [5.74, 6) is 5.59. The molecule has 0 aliphatic carbocycles. The highest BCUT2D eigenvalue weighted by molar-refractivity contribution is 7.12. The van der Waals surface area contributed by atoms with E-state index < -0.39 is 0 Å². The van der Waals surface area contributed by atoms with Crippen molar-refractivity contribution in [1.82, 2.24) is 5.43 Å². The molecule has 3 N–H and O–H groups in total. The number of hydrogen-bond donors (Lipinski definition) is 2. The molecule has 0 saturated carbocycles. The van der Waals surface area contributed by atoms with Gasteiger partial charge in [-0.3, -0.25) is 11.3 Å². The van der Waals surface area contributed by atoms with E-state index in [0.29, 0.717) is 6.10 Å². The Bertz CT molecular complexity index is 307. The van der Waals surface area contributed by atoms with Crippen LogP contribution in [0.3, 0.4) is 0 Å². The first-order valence-electron chi connectivity index (χ1n) is 5.43. The molecule has 0 radical (unpaired) electrons. The maximum absolute atomic E-state index is 5.62. The molecular weight excluding hydrogens is 208 g/mol. The lowest BCUT2D eigenvalue weighted by atomic mass is 10.1. The summed E-state index contributed by atoms with van der Waals surface area (Å²) >= 11 is 1.81. The zero-order valence-electron chi connectivity index (χ0n) is 9.03. The molecule has 1 aromatic heterocycles. The molecule has 0 amide bonds. The van der Waals surface area contributed by atoms with Gasteiger partial charge in [-0.25, -0.2) is 0 Å². The zero-order chi connectivity index (χ0) is 10.7. The molecule has 2 heterocycles. The first-order chi connectivity index (χ1) is 7.29. The van der Waals surface area contributed by atoms with Crippen LogP contribution in [0, 0.1) is 6.92 Å². The Morgan fingerprint density at radius 1 is 1.67 bits per heavy atom. The summed E-state index contributed by atoms with van der Waals surface area (Å²) in [5.41, 5.74) is 2.89. The predicted octanol–water partition coefficient (Wildman–Crippen LogP) is 2.13. The number of nitrogens with two attached hydrogens (primary N) is 1. The molecule has 3 nitrogen and oxygen atoms in total. The van der Waals surface area contributed by atoms with Crippen LogP contribution in [-0.4, -0.2) is 12.7 Å². The molecule has 15 heavy (non-hydrogen) atoms. The van der Waals surface area contributed by atoms with Crippen LogP contribution in [0.25, 0.3) is 0 Å². The number of thiophene rings is 1. The minimum atomic E-state index is 0.242. The van der Waals surface area contributed by atoms with E-state index in [2.05, 4.69) is 24.5 Å². The zero-order valence-corrected chi connectivity index (χ0v) is 9.85. The van der Waals surface area contributed by atoms with Crippen LogP contribution in [0.15, 0.2) is 12.1 Å². The van der Waals surface area contributed by atoms with Gasteiger partial charge in [0.25, 0.3) is 0 Å². The first kappa shape index (κ1) is 11.1. The van der Waals surface area contributed by atoms with Gasteiger partial charge in [-0.1, -0.05) is 0 Å². The summed E-state index contributed by atoms with van der Waals surface area (Å²) in [5, 5.41) is 0. The molecule has 0 spiro atoms. The average molecular weight is 226 g/mol. The van der Waals surface area contributed by atoms with Crippen molar-refractivity contribution in [3.63, 3.8) is 0 Å². The maximum atomic E-state index is 5.62. The predicted molar refractivity (Wildman–Crippen MR) is 62.7 cm³/mol. The largest absolute Gasteiger partial charge is 0.378 e. The van der Waals surface area contributed by atoms with Gasteiger partial charge in [-0.15, -0.1) is 11.3 Å². The van der Waals surface area contributed by atoms with Crippen molar-refractivity contribution in [3.05, 3.63) is 21.9 Å². The topological polar surface area (TPSA) is 47.3 Å². The Hall–Kier alpha value is -0.420. The van der Waals surface area contributed by atoms with E-state index in [9.17, 15) is 0 Å². The summed E-state index contributed by atoms with van der Waals surface area (Å²) in [7, 11) is 0. The fraction of sp³-hybridized carbons (Fsp3) is 0.636. The summed E-state index contributed by atoms with van der Waals surface area (Å²) in [6, 6.07) is 4.53. The van der Waals surface area contributed by atoms with Gasteiger partial charge in [0.15, 0.2) is 0 Å². The van der Waals surface area contributed by atoms with Gasteiger partial charge in [0.2, 0.25) is 0 Å². The average Bonchev–Trinajstić information content (AvgIpc) is 2.85. The normalized spacial score (nSPS) is 23.2. The Balaban J connectivity index is 1.97. The van der Waals surface area contributed by atoms with Crippen LogP contribution >= 0.6 is 11.3 Å². The lowest BCUT2D eigenvalue weighted by Gasteiger charge is -2.18. The van der Waals surface area contributed by atoms with Crippen LogP contribution in [0.2, 0.25) is 0 Å². The highest BCUT2D eigenvalue weighted by Crippen LogP contribution is 2.28. The number of hydrazine groups is 1. The molecular formula is C11H18N2OS. The van der Waals surface area contributed by atoms with Gasteiger partial charge in [-0.05, 0) is 38.3 Å². The second-order valence-corrected chi connectivity index (χ2v) is 5.36. The highest BCUT2D eigenvalue weighted by Gasteiger charge is 2.21. The molecule has 2 unspecified atom stereocenters. The third kappa shape index (κ3) is 2.78. The Labute approximate surface area is 94.6 Å². The SMILES string of the molecule is Cc1ccc(C(CC2CCCO2)NN)s1. The van der Waals surface area contributed by atoms with E-state index in [1.807, 2.05) is 0 Å². The van der Waals surface area contributed by atoms with E-state index in [1.54, 1.807) is 11.3 Å². The quantitative estimate of drug-likeness (QED) is 0.611. The third-order valence-corrected chi connectivity index (χ3v) is 3.94. The summed E-state index contributed by atoms with van der Waals surface area (Å²) < 4.78 is 5.62.